The van der Waals surface area contributed by atoms with Gasteiger partial charge in [-0.1, -0.05) is 35.9 Å². The number of morpholine rings is 1. The molecule has 0 unspecified atom stereocenters. The van der Waals surface area contributed by atoms with Crippen molar-refractivity contribution in [2.45, 2.75) is 13.0 Å². The highest BCUT2D eigenvalue weighted by Gasteiger charge is 2.12. The van der Waals surface area contributed by atoms with Crippen molar-refractivity contribution in [2.24, 2.45) is 0 Å². The predicted molar refractivity (Wildman–Crippen MR) is 109 cm³/mol. The Morgan fingerprint density at radius 3 is 2.37 bits per heavy atom. The van der Waals surface area contributed by atoms with Gasteiger partial charge in [-0.05, 0) is 41.8 Å². The number of nitrogens with zero attached hydrogens (tertiary/aromatic N) is 2. The van der Waals surface area contributed by atoms with E-state index in [-0.39, 0.29) is 6.03 Å². The molecule has 144 valence electrons. The number of benzene rings is 2. The van der Waals surface area contributed by atoms with Crippen molar-refractivity contribution < 1.29 is 9.53 Å². The molecule has 0 atom stereocenters. The molecule has 1 fully saturated rings. The summed E-state index contributed by atoms with van der Waals surface area (Å²) in [5.41, 5.74) is 3.47. The topological polar surface area (TPSA) is 44.8 Å². The lowest BCUT2D eigenvalue weighted by Gasteiger charge is -2.29. The first-order valence-corrected chi connectivity index (χ1v) is 9.64. The Kier molecular flexibility index (Phi) is 6.96. The molecule has 3 rings (SSSR count). The zero-order valence-electron chi connectivity index (χ0n) is 15.7. The third-order valence-corrected chi connectivity index (χ3v) is 4.93. The van der Waals surface area contributed by atoms with Crippen molar-refractivity contribution in [2.75, 3.05) is 44.8 Å². The molecule has 1 aliphatic heterocycles. The fourth-order valence-corrected chi connectivity index (χ4v) is 3.21. The van der Waals surface area contributed by atoms with Crippen molar-refractivity contribution in [3.05, 3.63) is 64.7 Å². The minimum absolute atomic E-state index is 0.0683. The second-order valence-electron chi connectivity index (χ2n) is 6.73. The minimum Gasteiger partial charge on any atom is -0.378 e. The summed E-state index contributed by atoms with van der Waals surface area (Å²) in [5.74, 6) is 0. The van der Waals surface area contributed by atoms with Crippen LogP contribution in [0.4, 0.5) is 10.5 Å². The number of amides is 2. The molecule has 0 radical (unpaired) electrons. The highest BCUT2D eigenvalue weighted by Crippen LogP contribution is 2.17. The summed E-state index contributed by atoms with van der Waals surface area (Å²) in [6.45, 7) is 4.59. The number of halogens is 1. The van der Waals surface area contributed by atoms with Gasteiger partial charge < -0.3 is 19.9 Å². The molecule has 1 aliphatic rings. The summed E-state index contributed by atoms with van der Waals surface area (Å²) in [7, 11) is 1.81. The number of rotatable bonds is 6. The highest BCUT2D eigenvalue weighted by molar-refractivity contribution is 6.30. The third-order valence-electron chi connectivity index (χ3n) is 4.68. The van der Waals surface area contributed by atoms with E-state index in [1.54, 1.807) is 4.90 Å². The molecule has 0 aromatic heterocycles. The first kappa shape index (κ1) is 19.5. The van der Waals surface area contributed by atoms with Gasteiger partial charge in [0.2, 0.25) is 0 Å². The van der Waals surface area contributed by atoms with Crippen LogP contribution >= 0.6 is 11.6 Å². The lowest BCUT2D eigenvalue weighted by molar-refractivity contribution is 0.122. The van der Waals surface area contributed by atoms with Crippen molar-refractivity contribution in [3.8, 4) is 0 Å². The molecule has 27 heavy (non-hydrogen) atoms. The Morgan fingerprint density at radius 2 is 1.70 bits per heavy atom. The maximum absolute atomic E-state index is 12.3. The predicted octanol–water partition coefficient (Wildman–Crippen LogP) is 3.56. The molecule has 6 heteroatoms. The summed E-state index contributed by atoms with van der Waals surface area (Å²) >= 11 is 5.88. The van der Waals surface area contributed by atoms with E-state index in [9.17, 15) is 4.79 Å². The van der Waals surface area contributed by atoms with Crippen molar-refractivity contribution in [3.63, 3.8) is 0 Å². The van der Waals surface area contributed by atoms with E-state index in [2.05, 4.69) is 34.5 Å². The van der Waals surface area contributed by atoms with Crippen LogP contribution in [0.25, 0.3) is 0 Å². The monoisotopic (exact) mass is 387 g/mol. The average Bonchev–Trinajstić information content (AvgIpc) is 2.70. The molecular formula is C21H26ClN3O2. The number of hydrogen-bond acceptors (Lipinski definition) is 3. The van der Waals surface area contributed by atoms with Gasteiger partial charge in [-0.3, -0.25) is 0 Å². The number of hydrogen-bond donors (Lipinski definition) is 1. The number of urea groups is 1. The third kappa shape index (κ3) is 5.88. The Balaban J connectivity index is 1.43. The number of ether oxygens (including phenoxy) is 1. The van der Waals surface area contributed by atoms with Crippen molar-refractivity contribution in [1.29, 1.82) is 0 Å². The fourth-order valence-electron chi connectivity index (χ4n) is 3.08. The van der Waals surface area contributed by atoms with E-state index in [0.29, 0.717) is 13.1 Å². The SMILES string of the molecule is CN(Cc1ccc(N2CCOCC2)cc1)C(=O)NCCc1ccc(Cl)cc1. The normalized spacial score (nSPS) is 14.1. The molecule has 1 N–H and O–H groups in total. The quantitative estimate of drug-likeness (QED) is 0.824. The van der Waals surface area contributed by atoms with Crippen LogP contribution in [-0.4, -0.2) is 50.8 Å². The van der Waals surface area contributed by atoms with Crippen molar-refractivity contribution in [1.82, 2.24) is 10.2 Å². The molecule has 0 saturated carbocycles. The molecule has 2 aromatic rings. The molecular weight excluding hydrogens is 362 g/mol. The molecule has 5 nitrogen and oxygen atoms in total. The second-order valence-corrected chi connectivity index (χ2v) is 7.17. The lowest BCUT2D eigenvalue weighted by atomic mass is 10.1. The van der Waals surface area contributed by atoms with E-state index in [0.717, 1.165) is 48.9 Å². The first-order valence-electron chi connectivity index (χ1n) is 9.27. The van der Waals surface area contributed by atoms with Crippen LogP contribution in [0.2, 0.25) is 5.02 Å². The summed E-state index contributed by atoms with van der Waals surface area (Å²) in [6.07, 6.45) is 0.783. The molecule has 0 bridgehead atoms. The Labute approximate surface area is 165 Å². The van der Waals surface area contributed by atoms with Gasteiger partial charge in [0.1, 0.15) is 0 Å². The van der Waals surface area contributed by atoms with Gasteiger partial charge in [0.05, 0.1) is 13.2 Å². The summed E-state index contributed by atoms with van der Waals surface area (Å²) in [4.78, 5) is 16.3. The van der Waals surface area contributed by atoms with Crippen LogP contribution in [0.15, 0.2) is 48.5 Å². The van der Waals surface area contributed by atoms with Crippen LogP contribution in [0.1, 0.15) is 11.1 Å². The Morgan fingerprint density at radius 1 is 1.07 bits per heavy atom. The molecule has 1 saturated heterocycles. The first-order chi connectivity index (χ1) is 13.1. The van der Waals surface area contributed by atoms with Gasteiger partial charge in [-0.15, -0.1) is 0 Å². The van der Waals surface area contributed by atoms with Crippen LogP contribution in [0.3, 0.4) is 0 Å². The summed E-state index contributed by atoms with van der Waals surface area (Å²) in [5, 5.41) is 3.68. The lowest BCUT2D eigenvalue weighted by Crippen LogP contribution is -2.38. The second kappa shape index (κ2) is 9.62. The van der Waals surface area contributed by atoms with Gasteiger partial charge in [0.25, 0.3) is 0 Å². The number of carbonyl (C=O) groups excluding carboxylic acids is 1. The molecule has 2 aromatic carbocycles. The largest absolute Gasteiger partial charge is 0.378 e. The fraction of sp³-hybridized carbons (Fsp3) is 0.381. The van der Waals surface area contributed by atoms with Gasteiger partial charge in [0, 0.05) is 43.9 Å². The van der Waals surface area contributed by atoms with Crippen LogP contribution < -0.4 is 10.2 Å². The van der Waals surface area contributed by atoms with Gasteiger partial charge in [-0.25, -0.2) is 4.79 Å². The molecule has 2 amide bonds. The molecule has 0 aliphatic carbocycles. The average molecular weight is 388 g/mol. The highest BCUT2D eigenvalue weighted by atomic mass is 35.5. The van der Waals surface area contributed by atoms with E-state index in [1.807, 2.05) is 31.3 Å². The Hall–Kier alpha value is -2.24. The zero-order chi connectivity index (χ0) is 19.1. The summed E-state index contributed by atoms with van der Waals surface area (Å²) < 4.78 is 5.39. The van der Waals surface area contributed by atoms with E-state index < -0.39 is 0 Å². The Bertz CT molecular complexity index is 728. The number of nitrogens with one attached hydrogen (secondary N) is 1. The minimum atomic E-state index is -0.0683. The smallest absolute Gasteiger partial charge is 0.317 e. The van der Waals surface area contributed by atoms with E-state index >= 15 is 0 Å². The molecule has 0 spiro atoms. The van der Waals surface area contributed by atoms with Crippen LogP contribution in [0, 0.1) is 0 Å². The van der Waals surface area contributed by atoms with Gasteiger partial charge in [-0.2, -0.15) is 0 Å². The summed E-state index contributed by atoms with van der Waals surface area (Å²) in [6, 6.07) is 16.0. The van der Waals surface area contributed by atoms with Gasteiger partial charge >= 0.3 is 6.03 Å². The number of anilines is 1. The maximum Gasteiger partial charge on any atom is 0.317 e. The van der Waals surface area contributed by atoms with E-state index in [1.165, 1.54) is 5.69 Å². The van der Waals surface area contributed by atoms with Gasteiger partial charge in [0.15, 0.2) is 0 Å². The van der Waals surface area contributed by atoms with Crippen LogP contribution in [0.5, 0.6) is 0 Å². The number of carbonyl (C=O) groups is 1. The van der Waals surface area contributed by atoms with Crippen LogP contribution in [-0.2, 0) is 17.7 Å². The standard InChI is InChI=1S/C21H26ClN3O2/c1-24(21(26)23-11-10-17-2-6-19(22)7-3-17)16-18-4-8-20(9-5-18)25-12-14-27-15-13-25/h2-9H,10-16H2,1H3,(H,23,26). The maximum atomic E-state index is 12.3. The molecule has 1 heterocycles. The van der Waals surface area contributed by atoms with E-state index in [4.69, 9.17) is 16.3 Å². The zero-order valence-corrected chi connectivity index (χ0v) is 16.4. The van der Waals surface area contributed by atoms with Crippen molar-refractivity contribution >= 4 is 23.3 Å².